The molecule has 146 valence electrons. The fraction of sp³-hybridized carbons (Fsp3) is 0.381. The van der Waals surface area contributed by atoms with Gasteiger partial charge in [0.15, 0.2) is 23.1 Å². The first kappa shape index (κ1) is 17.5. The van der Waals surface area contributed by atoms with Crippen molar-refractivity contribution in [3.05, 3.63) is 48.2 Å². The Bertz CT molecular complexity index is 1010. The highest BCUT2D eigenvalue weighted by atomic mass is 16.7. The normalized spacial score (nSPS) is 36.3. The molecule has 5 atom stereocenters. The van der Waals surface area contributed by atoms with Gasteiger partial charge in [0.05, 0.1) is 24.7 Å². The van der Waals surface area contributed by atoms with E-state index in [1.807, 2.05) is 30.3 Å². The van der Waals surface area contributed by atoms with Crippen LogP contribution in [0.1, 0.15) is 12.8 Å². The van der Waals surface area contributed by atoms with Crippen LogP contribution in [-0.2, 0) is 9.53 Å². The third-order valence-electron chi connectivity index (χ3n) is 6.15. The van der Waals surface area contributed by atoms with Crippen LogP contribution in [0.5, 0.6) is 11.5 Å². The zero-order valence-corrected chi connectivity index (χ0v) is 15.2. The molecule has 1 saturated heterocycles. The maximum atomic E-state index is 12.6. The van der Waals surface area contributed by atoms with Crippen LogP contribution in [0.4, 0.5) is 0 Å². The van der Waals surface area contributed by atoms with Gasteiger partial charge in [0, 0.05) is 6.08 Å². The summed E-state index contributed by atoms with van der Waals surface area (Å²) in [6, 6.07) is 11.1. The zero-order chi connectivity index (χ0) is 19.7. The molecule has 3 N–H and O–H groups in total. The van der Waals surface area contributed by atoms with E-state index in [4.69, 9.17) is 14.2 Å². The van der Waals surface area contributed by atoms with Crippen molar-refractivity contribution in [1.29, 1.82) is 0 Å². The first-order chi connectivity index (χ1) is 13.5. The molecule has 1 saturated carbocycles. The Labute approximate surface area is 160 Å². The summed E-state index contributed by atoms with van der Waals surface area (Å²) >= 11 is 0. The molecule has 0 radical (unpaired) electrons. The molecule has 1 aliphatic heterocycles. The molecule has 5 unspecified atom stereocenters. The van der Waals surface area contributed by atoms with Crippen molar-refractivity contribution in [1.82, 2.24) is 0 Å². The number of aliphatic hydroxyl groups is 3. The molecular formula is C21H20O7. The summed E-state index contributed by atoms with van der Waals surface area (Å²) < 4.78 is 17.4. The lowest BCUT2D eigenvalue weighted by atomic mass is 9.67. The zero-order valence-electron chi connectivity index (χ0n) is 15.2. The number of ketones is 1. The predicted octanol–water partition coefficient (Wildman–Crippen LogP) is 1.64. The van der Waals surface area contributed by atoms with Gasteiger partial charge in [0.25, 0.3) is 0 Å². The van der Waals surface area contributed by atoms with E-state index in [1.54, 1.807) is 13.2 Å². The number of benzene rings is 2. The fourth-order valence-corrected chi connectivity index (χ4v) is 4.79. The first-order valence-electron chi connectivity index (χ1n) is 9.20. The van der Waals surface area contributed by atoms with E-state index < -0.39 is 41.1 Å². The lowest BCUT2D eigenvalue weighted by Crippen LogP contribution is -2.61. The molecule has 7 nitrogen and oxygen atoms in total. The third-order valence-corrected chi connectivity index (χ3v) is 6.15. The number of aliphatic hydroxyl groups excluding tert-OH is 3. The number of carbonyl (C=O) groups excluding carboxylic acids is 1. The minimum absolute atomic E-state index is 0.205. The van der Waals surface area contributed by atoms with E-state index in [0.29, 0.717) is 11.5 Å². The second kappa shape index (κ2) is 5.70. The van der Waals surface area contributed by atoms with Crippen LogP contribution in [0.15, 0.2) is 48.2 Å². The summed E-state index contributed by atoms with van der Waals surface area (Å²) in [6.45, 7) is 0. The van der Waals surface area contributed by atoms with Crippen LogP contribution in [-0.4, -0.2) is 57.7 Å². The molecular weight excluding hydrogens is 364 g/mol. The van der Waals surface area contributed by atoms with Gasteiger partial charge in [0.1, 0.15) is 11.5 Å². The first-order valence-corrected chi connectivity index (χ1v) is 9.20. The Morgan fingerprint density at radius 1 is 1.07 bits per heavy atom. The number of hydrogen-bond donors (Lipinski definition) is 3. The second-order valence-corrected chi connectivity index (χ2v) is 7.47. The number of Topliss-reactive ketones (excluding diaryl/α,β-unsaturated/α-hetero) is 1. The maximum absolute atomic E-state index is 12.6. The van der Waals surface area contributed by atoms with E-state index in [1.165, 1.54) is 6.08 Å². The molecule has 7 heteroatoms. The average Bonchev–Trinajstić information content (AvgIpc) is 3.44. The number of carbonyl (C=O) groups is 1. The van der Waals surface area contributed by atoms with Crippen LogP contribution >= 0.6 is 0 Å². The van der Waals surface area contributed by atoms with Crippen molar-refractivity contribution in [2.75, 3.05) is 7.11 Å². The Kier molecular flexibility index (Phi) is 3.56. The van der Waals surface area contributed by atoms with Crippen molar-refractivity contribution < 1.29 is 34.3 Å². The van der Waals surface area contributed by atoms with Gasteiger partial charge >= 0.3 is 0 Å². The van der Waals surface area contributed by atoms with Gasteiger partial charge in [-0.1, -0.05) is 24.3 Å². The van der Waals surface area contributed by atoms with Crippen molar-refractivity contribution in [3.8, 4) is 11.5 Å². The molecule has 2 aliphatic carbocycles. The van der Waals surface area contributed by atoms with Gasteiger partial charge in [0.2, 0.25) is 5.78 Å². The molecule has 3 aliphatic rings. The van der Waals surface area contributed by atoms with Crippen molar-refractivity contribution in [3.63, 3.8) is 0 Å². The fourth-order valence-electron chi connectivity index (χ4n) is 4.79. The summed E-state index contributed by atoms with van der Waals surface area (Å²) in [5.74, 6) is -0.171. The average molecular weight is 384 g/mol. The smallest absolute Gasteiger partial charge is 0.234 e. The summed E-state index contributed by atoms with van der Waals surface area (Å²) in [4.78, 5) is 12.6. The highest BCUT2D eigenvalue weighted by Crippen LogP contribution is 2.63. The monoisotopic (exact) mass is 384 g/mol. The van der Waals surface area contributed by atoms with Crippen LogP contribution in [0.3, 0.4) is 0 Å². The standard InChI is InChI=1S/C21H20O7/c1-26-13-6-2-4-11-5-3-7-14(18(11)13)27-17-10-12(22)19(25)21-16(24)9-8-15(23)20(17,21)28-21/h2-7,10,15-17,22-24H,8-9H2,1H3. The topological polar surface area (TPSA) is 109 Å². The van der Waals surface area contributed by atoms with E-state index in [0.717, 1.165) is 10.8 Å². The molecule has 0 amide bonds. The molecule has 0 aromatic heterocycles. The molecule has 28 heavy (non-hydrogen) atoms. The largest absolute Gasteiger partial charge is 0.504 e. The molecule has 0 bridgehead atoms. The van der Waals surface area contributed by atoms with Crippen LogP contribution in [0, 0.1) is 0 Å². The summed E-state index contributed by atoms with van der Waals surface area (Å²) in [7, 11) is 1.56. The number of methoxy groups -OCH3 is 1. The Hall–Kier alpha value is -2.61. The van der Waals surface area contributed by atoms with E-state index in [9.17, 15) is 20.1 Å². The molecule has 2 aromatic carbocycles. The lowest BCUT2D eigenvalue weighted by molar-refractivity contribution is -0.130. The number of hydrogen-bond acceptors (Lipinski definition) is 7. The van der Waals surface area contributed by atoms with Gasteiger partial charge in [-0.05, 0) is 30.4 Å². The van der Waals surface area contributed by atoms with Crippen molar-refractivity contribution in [2.45, 2.75) is 42.4 Å². The summed E-state index contributed by atoms with van der Waals surface area (Å²) in [6.07, 6.45) is -1.35. The van der Waals surface area contributed by atoms with Crippen molar-refractivity contribution >= 4 is 16.6 Å². The quantitative estimate of drug-likeness (QED) is 0.691. The molecule has 0 spiro atoms. The number of rotatable bonds is 3. The van der Waals surface area contributed by atoms with E-state index >= 15 is 0 Å². The SMILES string of the molecule is COc1cccc2cccc(OC3C=C(O)C(=O)C45OC34C(O)CCC5O)c12. The van der Waals surface area contributed by atoms with Gasteiger partial charge < -0.3 is 29.5 Å². The number of ether oxygens (including phenoxy) is 3. The second-order valence-electron chi connectivity index (χ2n) is 7.47. The Balaban J connectivity index is 1.63. The Morgan fingerprint density at radius 2 is 1.75 bits per heavy atom. The van der Waals surface area contributed by atoms with Gasteiger partial charge in [-0.15, -0.1) is 0 Å². The Morgan fingerprint density at radius 3 is 2.46 bits per heavy atom. The number of epoxide rings is 1. The highest BCUT2D eigenvalue weighted by molar-refractivity contribution is 6.06. The molecule has 2 aromatic rings. The molecule has 2 fully saturated rings. The van der Waals surface area contributed by atoms with Crippen LogP contribution in [0.25, 0.3) is 10.8 Å². The summed E-state index contributed by atoms with van der Waals surface area (Å²) in [5.41, 5.74) is -3.08. The van der Waals surface area contributed by atoms with E-state index in [-0.39, 0.29) is 12.8 Å². The third kappa shape index (κ3) is 1.96. The van der Waals surface area contributed by atoms with Gasteiger partial charge in [-0.25, -0.2) is 0 Å². The molecule has 5 rings (SSSR count). The lowest BCUT2D eigenvalue weighted by Gasteiger charge is -2.38. The number of fused-ring (bicyclic) bond motifs is 1. The molecule has 1 heterocycles. The van der Waals surface area contributed by atoms with Gasteiger partial charge in [-0.2, -0.15) is 0 Å². The minimum atomic E-state index is -1.66. The van der Waals surface area contributed by atoms with E-state index in [2.05, 4.69) is 0 Å². The van der Waals surface area contributed by atoms with Crippen LogP contribution < -0.4 is 9.47 Å². The predicted molar refractivity (Wildman–Crippen MR) is 98.4 cm³/mol. The van der Waals surface area contributed by atoms with Crippen LogP contribution in [0.2, 0.25) is 0 Å². The van der Waals surface area contributed by atoms with Gasteiger partial charge in [-0.3, -0.25) is 4.79 Å². The highest BCUT2D eigenvalue weighted by Gasteiger charge is 2.87. The maximum Gasteiger partial charge on any atom is 0.234 e. The van der Waals surface area contributed by atoms with Crippen molar-refractivity contribution in [2.24, 2.45) is 0 Å². The summed E-state index contributed by atoms with van der Waals surface area (Å²) in [5, 5.41) is 33.0. The minimum Gasteiger partial charge on any atom is -0.504 e.